The molecule has 0 aliphatic rings. The molecule has 8 heteroatoms. The molecule has 1 aromatic carbocycles. The molecular formula is C16H20N2O6. The molecule has 1 rings (SSSR count). The summed E-state index contributed by atoms with van der Waals surface area (Å²) in [6, 6.07) is 5.88. The van der Waals surface area contributed by atoms with E-state index in [1.165, 1.54) is 29.3 Å². The quantitative estimate of drug-likeness (QED) is 0.179. The number of esters is 2. The van der Waals surface area contributed by atoms with Crippen LogP contribution < -0.4 is 4.90 Å². The van der Waals surface area contributed by atoms with Crippen LogP contribution in [0.2, 0.25) is 0 Å². The Morgan fingerprint density at radius 3 is 2.21 bits per heavy atom. The fourth-order valence-electron chi connectivity index (χ4n) is 1.90. The summed E-state index contributed by atoms with van der Waals surface area (Å²) in [7, 11) is 0. The molecule has 0 aliphatic carbocycles. The number of nitro benzene ring substituents is 1. The van der Waals surface area contributed by atoms with Crippen LogP contribution >= 0.6 is 0 Å². The third-order valence-corrected chi connectivity index (χ3v) is 2.99. The van der Waals surface area contributed by atoms with Crippen molar-refractivity contribution >= 4 is 23.3 Å². The number of carbonyl (C=O) groups excluding carboxylic acids is 2. The summed E-state index contributed by atoms with van der Waals surface area (Å²) in [6.45, 7) is 5.63. The predicted octanol–water partition coefficient (Wildman–Crippen LogP) is 2.43. The first-order valence-electron chi connectivity index (χ1n) is 7.51. The number of hydrogen-bond donors (Lipinski definition) is 0. The topological polar surface area (TPSA) is 99.0 Å². The van der Waals surface area contributed by atoms with E-state index in [2.05, 4.69) is 0 Å². The first-order valence-corrected chi connectivity index (χ1v) is 7.51. The lowest BCUT2D eigenvalue weighted by molar-refractivity contribution is -0.384. The van der Waals surface area contributed by atoms with Gasteiger partial charge in [-0.25, -0.2) is 9.59 Å². The summed E-state index contributed by atoms with van der Waals surface area (Å²) in [5, 5.41) is 10.9. The van der Waals surface area contributed by atoms with E-state index in [0.717, 1.165) is 0 Å². The maximum atomic E-state index is 12.0. The number of nitro groups is 1. The number of anilines is 1. The van der Waals surface area contributed by atoms with Gasteiger partial charge in [-0.15, -0.1) is 0 Å². The summed E-state index contributed by atoms with van der Waals surface area (Å²) in [5.41, 5.74) is 0.109. The Morgan fingerprint density at radius 1 is 1.17 bits per heavy atom. The van der Waals surface area contributed by atoms with Gasteiger partial charge < -0.3 is 14.4 Å². The molecule has 0 radical (unpaired) electrons. The number of carbonyl (C=O) groups is 2. The van der Waals surface area contributed by atoms with Crippen LogP contribution in [-0.4, -0.2) is 36.6 Å². The Kier molecular flexibility index (Phi) is 7.41. The van der Waals surface area contributed by atoms with Crippen LogP contribution in [-0.2, 0) is 19.1 Å². The maximum Gasteiger partial charge on any atom is 0.347 e. The van der Waals surface area contributed by atoms with Gasteiger partial charge in [0, 0.05) is 30.6 Å². The smallest absolute Gasteiger partial charge is 0.347 e. The number of rotatable bonds is 8. The minimum absolute atomic E-state index is 0.0897. The van der Waals surface area contributed by atoms with Crippen molar-refractivity contribution in [3.8, 4) is 0 Å². The van der Waals surface area contributed by atoms with Crippen LogP contribution in [0.5, 0.6) is 0 Å². The molecule has 0 saturated heterocycles. The van der Waals surface area contributed by atoms with E-state index in [1.807, 2.05) is 0 Å². The van der Waals surface area contributed by atoms with Crippen molar-refractivity contribution in [3.05, 3.63) is 46.2 Å². The zero-order valence-electron chi connectivity index (χ0n) is 13.9. The van der Waals surface area contributed by atoms with E-state index in [0.29, 0.717) is 12.2 Å². The molecule has 0 aliphatic heterocycles. The minimum atomic E-state index is -0.806. The van der Waals surface area contributed by atoms with Gasteiger partial charge in [-0.3, -0.25) is 10.1 Å². The number of non-ortho nitro benzene ring substituents is 1. The van der Waals surface area contributed by atoms with E-state index >= 15 is 0 Å². The lowest BCUT2D eigenvalue weighted by Gasteiger charge is -2.19. The summed E-state index contributed by atoms with van der Waals surface area (Å²) >= 11 is 0. The lowest BCUT2D eigenvalue weighted by Crippen LogP contribution is -2.24. The molecular weight excluding hydrogens is 316 g/mol. The maximum absolute atomic E-state index is 12.0. The molecule has 24 heavy (non-hydrogen) atoms. The molecule has 0 heterocycles. The fraction of sp³-hybridized carbons (Fsp3) is 0.375. The van der Waals surface area contributed by atoms with Crippen LogP contribution in [0.1, 0.15) is 20.8 Å². The SMILES string of the molecule is CCOC(=O)C(=CN(CC)c1cccc([N+](=O)[O-])c1)C(=O)OCC. The standard InChI is InChI=1S/C16H20N2O6/c1-4-17(12-8-7-9-13(10-12)18(21)22)11-14(15(19)23-5-2)16(20)24-6-3/h7-11H,4-6H2,1-3H3. The zero-order chi connectivity index (χ0) is 18.1. The molecule has 0 atom stereocenters. The van der Waals surface area contributed by atoms with E-state index in [4.69, 9.17) is 9.47 Å². The number of benzene rings is 1. The van der Waals surface area contributed by atoms with Crippen LogP contribution in [0.15, 0.2) is 36.0 Å². The third-order valence-electron chi connectivity index (χ3n) is 2.99. The Hall–Kier alpha value is -2.90. The second-order valence-corrected chi connectivity index (χ2v) is 4.55. The molecule has 0 unspecified atom stereocenters. The van der Waals surface area contributed by atoms with E-state index in [9.17, 15) is 19.7 Å². The van der Waals surface area contributed by atoms with Gasteiger partial charge in [0.15, 0.2) is 5.57 Å². The summed E-state index contributed by atoms with van der Waals surface area (Å²) in [6.07, 6.45) is 1.29. The van der Waals surface area contributed by atoms with Gasteiger partial charge in [-0.1, -0.05) is 6.07 Å². The van der Waals surface area contributed by atoms with Crippen molar-refractivity contribution in [3.63, 3.8) is 0 Å². The molecule has 0 aromatic heterocycles. The van der Waals surface area contributed by atoms with Crippen molar-refractivity contribution < 1.29 is 24.0 Å². The average molecular weight is 336 g/mol. The number of hydrogen-bond acceptors (Lipinski definition) is 7. The summed E-state index contributed by atoms with van der Waals surface area (Å²) in [4.78, 5) is 35.9. The first-order chi connectivity index (χ1) is 11.4. The minimum Gasteiger partial charge on any atom is -0.462 e. The summed E-state index contributed by atoms with van der Waals surface area (Å²) < 4.78 is 9.74. The Morgan fingerprint density at radius 2 is 1.75 bits per heavy atom. The van der Waals surface area contributed by atoms with Gasteiger partial charge in [0.25, 0.3) is 5.69 Å². The highest BCUT2D eigenvalue weighted by atomic mass is 16.6. The van der Waals surface area contributed by atoms with E-state index in [1.54, 1.807) is 26.8 Å². The molecule has 0 spiro atoms. The van der Waals surface area contributed by atoms with Crippen LogP contribution in [0.25, 0.3) is 0 Å². The number of ether oxygens (including phenoxy) is 2. The number of nitrogens with zero attached hydrogens (tertiary/aromatic N) is 2. The van der Waals surface area contributed by atoms with Crippen LogP contribution in [0.3, 0.4) is 0 Å². The molecule has 1 aromatic rings. The molecule has 0 fully saturated rings. The van der Waals surface area contributed by atoms with Crippen molar-refractivity contribution in [1.82, 2.24) is 0 Å². The lowest BCUT2D eigenvalue weighted by atomic mass is 10.2. The largest absolute Gasteiger partial charge is 0.462 e. The van der Waals surface area contributed by atoms with Crippen molar-refractivity contribution in [2.75, 3.05) is 24.7 Å². The zero-order valence-corrected chi connectivity index (χ0v) is 13.9. The monoisotopic (exact) mass is 336 g/mol. The second-order valence-electron chi connectivity index (χ2n) is 4.55. The molecule has 0 amide bonds. The highest BCUT2D eigenvalue weighted by molar-refractivity contribution is 6.14. The van der Waals surface area contributed by atoms with Gasteiger partial charge in [-0.05, 0) is 26.8 Å². The van der Waals surface area contributed by atoms with Crippen molar-refractivity contribution in [2.24, 2.45) is 0 Å². The van der Waals surface area contributed by atoms with E-state index in [-0.39, 0.29) is 24.5 Å². The van der Waals surface area contributed by atoms with Crippen LogP contribution in [0.4, 0.5) is 11.4 Å². The van der Waals surface area contributed by atoms with Gasteiger partial charge in [0.1, 0.15) is 0 Å². The van der Waals surface area contributed by atoms with Gasteiger partial charge in [-0.2, -0.15) is 0 Å². The molecule has 0 saturated carbocycles. The summed E-state index contributed by atoms with van der Waals surface area (Å²) in [5.74, 6) is -1.61. The highest BCUT2D eigenvalue weighted by Gasteiger charge is 2.23. The van der Waals surface area contributed by atoms with Crippen molar-refractivity contribution in [2.45, 2.75) is 20.8 Å². The van der Waals surface area contributed by atoms with Gasteiger partial charge in [0.05, 0.1) is 18.1 Å². The van der Waals surface area contributed by atoms with Gasteiger partial charge >= 0.3 is 11.9 Å². The Balaban J connectivity index is 3.24. The normalized spacial score (nSPS) is 9.79. The molecule has 0 N–H and O–H groups in total. The highest BCUT2D eigenvalue weighted by Crippen LogP contribution is 2.22. The molecule has 130 valence electrons. The first kappa shape index (κ1) is 19.1. The average Bonchev–Trinajstić information content (AvgIpc) is 2.56. The fourth-order valence-corrected chi connectivity index (χ4v) is 1.90. The predicted molar refractivity (Wildman–Crippen MR) is 87.5 cm³/mol. The Bertz CT molecular complexity index is 621. The Labute approximate surface area is 139 Å². The van der Waals surface area contributed by atoms with Crippen molar-refractivity contribution in [1.29, 1.82) is 0 Å². The second kappa shape index (κ2) is 9.29. The third kappa shape index (κ3) is 5.08. The van der Waals surface area contributed by atoms with Crippen LogP contribution in [0, 0.1) is 10.1 Å². The molecule has 0 bridgehead atoms. The van der Waals surface area contributed by atoms with E-state index < -0.39 is 16.9 Å². The molecule has 8 nitrogen and oxygen atoms in total. The van der Waals surface area contributed by atoms with Gasteiger partial charge in [0.2, 0.25) is 0 Å².